The van der Waals surface area contributed by atoms with Gasteiger partial charge in [0, 0.05) is 11.5 Å². The van der Waals surface area contributed by atoms with Crippen LogP contribution in [0.1, 0.15) is 5.56 Å². The van der Waals surface area contributed by atoms with E-state index in [0.717, 1.165) is 32.4 Å². The van der Waals surface area contributed by atoms with Gasteiger partial charge in [0.1, 0.15) is 12.3 Å². The van der Waals surface area contributed by atoms with Crippen LogP contribution in [0, 0.1) is 6.92 Å². The fourth-order valence-electron chi connectivity index (χ4n) is 3.05. The molecule has 4 aromatic rings. The fourth-order valence-corrected chi connectivity index (χ4v) is 3.96. The third kappa shape index (κ3) is 3.29. The van der Waals surface area contributed by atoms with Gasteiger partial charge >= 0.3 is 0 Å². The lowest BCUT2D eigenvalue weighted by Crippen LogP contribution is -2.27. The zero-order valence-electron chi connectivity index (χ0n) is 14.9. The number of fused-ring (bicyclic) bond motifs is 2. The number of benzene rings is 2. The quantitative estimate of drug-likeness (QED) is 0.588. The molecule has 136 valence electrons. The molecule has 0 atom stereocenters. The van der Waals surface area contributed by atoms with E-state index in [1.165, 1.54) is 15.9 Å². The molecule has 0 radical (unpaired) electrons. The van der Waals surface area contributed by atoms with Gasteiger partial charge in [-0.15, -0.1) is 0 Å². The van der Waals surface area contributed by atoms with Crippen LogP contribution in [0.25, 0.3) is 21.1 Å². The Morgan fingerprint density at radius 1 is 1.22 bits per heavy atom. The first kappa shape index (κ1) is 17.2. The zero-order chi connectivity index (χ0) is 19.0. The van der Waals surface area contributed by atoms with E-state index in [-0.39, 0.29) is 18.0 Å². The number of carbonyl (C=O) groups is 1. The van der Waals surface area contributed by atoms with Crippen molar-refractivity contribution >= 4 is 43.5 Å². The van der Waals surface area contributed by atoms with Crippen LogP contribution in [0.5, 0.6) is 5.75 Å². The number of pyridine rings is 1. The maximum atomic E-state index is 12.5. The molecule has 0 aliphatic carbocycles. The first-order valence-corrected chi connectivity index (χ1v) is 9.20. The molecule has 0 aliphatic heterocycles. The van der Waals surface area contributed by atoms with Crippen molar-refractivity contribution in [2.24, 2.45) is 0 Å². The molecular weight excluding hydrogens is 362 g/mol. The van der Waals surface area contributed by atoms with Gasteiger partial charge in [0.05, 0.1) is 22.8 Å². The maximum absolute atomic E-state index is 12.5. The second-order valence-corrected chi connectivity index (χ2v) is 7.20. The van der Waals surface area contributed by atoms with Crippen molar-refractivity contribution in [2.45, 2.75) is 13.5 Å². The first-order valence-electron chi connectivity index (χ1n) is 8.39. The topological polar surface area (TPSA) is 73.2 Å². The molecule has 0 spiro atoms. The number of rotatable bonds is 4. The largest absolute Gasteiger partial charge is 0.497 e. The molecule has 0 aliphatic rings. The van der Waals surface area contributed by atoms with Gasteiger partial charge in [-0.3, -0.25) is 14.2 Å². The number of hydrogen-bond acceptors (Lipinski definition) is 5. The molecule has 0 unspecified atom stereocenters. The number of para-hydroxylation sites is 1. The molecule has 7 heteroatoms. The molecule has 4 rings (SSSR count). The Kier molecular flexibility index (Phi) is 4.37. The SMILES string of the molecule is COc1ccc2nc(NC(=O)Cn3c(=O)cc(C)c4ccccc43)sc2c1. The average molecular weight is 379 g/mol. The number of aryl methyl sites for hydroxylation is 1. The molecule has 0 fully saturated rings. The summed E-state index contributed by atoms with van der Waals surface area (Å²) in [7, 11) is 1.61. The highest BCUT2D eigenvalue weighted by Gasteiger charge is 2.12. The number of ether oxygens (including phenoxy) is 1. The van der Waals surface area contributed by atoms with Gasteiger partial charge in [0.2, 0.25) is 5.91 Å². The van der Waals surface area contributed by atoms with Gasteiger partial charge in [0.15, 0.2) is 5.13 Å². The Hall–Kier alpha value is -3.19. The van der Waals surface area contributed by atoms with Crippen molar-refractivity contribution in [3.8, 4) is 5.75 Å². The molecule has 0 saturated heterocycles. The number of thiazole rings is 1. The first-order chi connectivity index (χ1) is 13.0. The van der Waals surface area contributed by atoms with Crippen LogP contribution >= 0.6 is 11.3 Å². The van der Waals surface area contributed by atoms with E-state index in [1.807, 2.05) is 49.4 Å². The Balaban J connectivity index is 1.62. The zero-order valence-corrected chi connectivity index (χ0v) is 15.7. The maximum Gasteiger partial charge on any atom is 0.251 e. The molecule has 1 amide bonds. The van der Waals surface area contributed by atoms with Gasteiger partial charge in [-0.05, 0) is 36.8 Å². The van der Waals surface area contributed by atoms with E-state index >= 15 is 0 Å². The summed E-state index contributed by atoms with van der Waals surface area (Å²) in [5.41, 5.74) is 2.23. The number of anilines is 1. The minimum absolute atomic E-state index is 0.0706. The van der Waals surface area contributed by atoms with Crippen molar-refractivity contribution < 1.29 is 9.53 Å². The lowest BCUT2D eigenvalue weighted by Gasteiger charge is -2.11. The summed E-state index contributed by atoms with van der Waals surface area (Å²) in [5, 5.41) is 4.24. The van der Waals surface area contributed by atoms with Gasteiger partial charge < -0.3 is 10.1 Å². The summed E-state index contributed by atoms with van der Waals surface area (Å²) >= 11 is 1.37. The van der Waals surface area contributed by atoms with Gasteiger partial charge in [-0.25, -0.2) is 4.98 Å². The van der Waals surface area contributed by atoms with Crippen LogP contribution in [0.15, 0.2) is 53.3 Å². The number of aromatic nitrogens is 2. The van der Waals surface area contributed by atoms with Crippen molar-refractivity contribution in [1.82, 2.24) is 9.55 Å². The lowest BCUT2D eigenvalue weighted by molar-refractivity contribution is -0.116. The van der Waals surface area contributed by atoms with Crippen molar-refractivity contribution in [3.63, 3.8) is 0 Å². The number of nitrogens with zero attached hydrogens (tertiary/aromatic N) is 2. The molecule has 1 N–H and O–H groups in total. The third-order valence-electron chi connectivity index (χ3n) is 4.37. The van der Waals surface area contributed by atoms with Crippen LogP contribution in [0.2, 0.25) is 0 Å². The smallest absolute Gasteiger partial charge is 0.251 e. The van der Waals surface area contributed by atoms with Crippen LogP contribution < -0.4 is 15.6 Å². The normalized spacial score (nSPS) is 11.0. The highest BCUT2D eigenvalue weighted by molar-refractivity contribution is 7.22. The van der Waals surface area contributed by atoms with E-state index in [9.17, 15) is 9.59 Å². The molecule has 0 bridgehead atoms. The monoisotopic (exact) mass is 379 g/mol. The van der Waals surface area contributed by atoms with Crippen LogP contribution in [-0.2, 0) is 11.3 Å². The lowest BCUT2D eigenvalue weighted by atomic mass is 10.1. The molecule has 2 aromatic heterocycles. The van der Waals surface area contributed by atoms with Crippen LogP contribution in [-0.4, -0.2) is 22.6 Å². The summed E-state index contributed by atoms with van der Waals surface area (Å²) in [6.45, 7) is 1.82. The highest BCUT2D eigenvalue weighted by atomic mass is 32.1. The molecule has 0 saturated carbocycles. The fraction of sp³-hybridized carbons (Fsp3) is 0.150. The Morgan fingerprint density at radius 3 is 2.85 bits per heavy atom. The summed E-state index contributed by atoms with van der Waals surface area (Å²) in [6, 6.07) is 14.7. The molecule has 27 heavy (non-hydrogen) atoms. The third-order valence-corrected chi connectivity index (χ3v) is 5.30. The minimum atomic E-state index is -0.294. The molecule has 6 nitrogen and oxygen atoms in total. The average Bonchev–Trinajstić information content (AvgIpc) is 3.06. The standard InChI is InChI=1S/C20H17N3O3S/c1-12-9-19(25)23(16-6-4-3-5-14(12)16)11-18(24)22-20-21-15-8-7-13(26-2)10-17(15)27-20/h3-10H,11H2,1-2H3,(H,21,22,24). The van der Waals surface area contributed by atoms with E-state index in [0.29, 0.717) is 5.13 Å². The summed E-state index contributed by atoms with van der Waals surface area (Å²) in [5.74, 6) is 0.443. The van der Waals surface area contributed by atoms with Crippen molar-refractivity contribution in [1.29, 1.82) is 0 Å². The molecular formula is C20H17N3O3S. The van der Waals surface area contributed by atoms with E-state index < -0.39 is 0 Å². The van der Waals surface area contributed by atoms with E-state index in [1.54, 1.807) is 13.2 Å². The minimum Gasteiger partial charge on any atom is -0.497 e. The summed E-state index contributed by atoms with van der Waals surface area (Å²) in [4.78, 5) is 29.4. The van der Waals surface area contributed by atoms with E-state index in [4.69, 9.17) is 4.74 Å². The number of nitrogens with one attached hydrogen (secondary N) is 1. The highest BCUT2D eigenvalue weighted by Crippen LogP contribution is 2.29. The second-order valence-electron chi connectivity index (χ2n) is 6.17. The van der Waals surface area contributed by atoms with E-state index in [2.05, 4.69) is 10.3 Å². The predicted molar refractivity (Wildman–Crippen MR) is 108 cm³/mol. The van der Waals surface area contributed by atoms with Crippen molar-refractivity contribution in [3.05, 3.63) is 64.4 Å². The number of carbonyl (C=O) groups excluding carboxylic acids is 1. The number of amides is 1. The number of hydrogen-bond donors (Lipinski definition) is 1. The second kappa shape index (κ2) is 6.85. The van der Waals surface area contributed by atoms with Gasteiger partial charge in [-0.2, -0.15) is 0 Å². The Labute approximate surface area is 159 Å². The molecule has 2 aromatic carbocycles. The van der Waals surface area contributed by atoms with Gasteiger partial charge in [0.25, 0.3) is 5.56 Å². The predicted octanol–water partition coefficient (Wildman–Crippen LogP) is 3.57. The van der Waals surface area contributed by atoms with Gasteiger partial charge in [-0.1, -0.05) is 29.5 Å². The van der Waals surface area contributed by atoms with Crippen molar-refractivity contribution in [2.75, 3.05) is 12.4 Å². The number of methoxy groups -OCH3 is 1. The van der Waals surface area contributed by atoms with Crippen LogP contribution in [0.3, 0.4) is 0 Å². The molecule has 2 heterocycles. The Morgan fingerprint density at radius 2 is 2.04 bits per heavy atom. The van der Waals surface area contributed by atoms with Crippen LogP contribution in [0.4, 0.5) is 5.13 Å². The summed E-state index contributed by atoms with van der Waals surface area (Å²) in [6.07, 6.45) is 0. The Bertz CT molecular complexity index is 1230. The summed E-state index contributed by atoms with van der Waals surface area (Å²) < 4.78 is 7.61.